The van der Waals surface area contributed by atoms with Gasteiger partial charge in [-0.05, 0) is 29.7 Å². The molecule has 2 aliphatic heterocycles. The monoisotopic (exact) mass is 363 g/mol. The van der Waals surface area contributed by atoms with Gasteiger partial charge in [0.05, 0.1) is 0 Å². The van der Waals surface area contributed by atoms with Gasteiger partial charge in [-0.15, -0.1) is 0 Å². The van der Waals surface area contributed by atoms with Crippen molar-refractivity contribution in [2.45, 2.75) is 31.9 Å². The first-order valence-corrected chi connectivity index (χ1v) is 9.15. The molecule has 4 rings (SSSR count). The van der Waals surface area contributed by atoms with Crippen molar-refractivity contribution in [1.82, 2.24) is 4.90 Å². The average molecular weight is 363 g/mol. The minimum atomic E-state index is -0.261. The minimum absolute atomic E-state index is 0.189. The summed E-state index contributed by atoms with van der Waals surface area (Å²) < 4.78 is 0. The molecule has 0 spiro atoms. The number of nitrogens with one attached hydrogen (secondary N) is 1. The second-order valence-electron chi connectivity index (χ2n) is 6.82. The van der Waals surface area contributed by atoms with Crippen LogP contribution < -0.4 is 5.32 Å². The van der Waals surface area contributed by atoms with Gasteiger partial charge in [0.1, 0.15) is 5.71 Å². The normalized spacial score (nSPS) is 19.0. The van der Waals surface area contributed by atoms with Crippen LogP contribution in [0.2, 0.25) is 0 Å². The van der Waals surface area contributed by atoms with E-state index >= 15 is 0 Å². The number of rotatable bonds is 5. The maximum absolute atomic E-state index is 12.5. The van der Waals surface area contributed by atoms with Crippen molar-refractivity contribution in [2.24, 2.45) is 5.16 Å². The molecule has 6 nitrogen and oxygen atoms in total. The predicted molar refractivity (Wildman–Crippen MR) is 102 cm³/mol. The zero-order valence-electron chi connectivity index (χ0n) is 14.9. The molecule has 2 aromatic rings. The molecule has 1 saturated heterocycles. The highest BCUT2D eigenvalue weighted by molar-refractivity contribution is 6.43. The SMILES string of the molecule is O=C(Nc1cccc(CN2CCCC2=O)c1)C1=NO[C@H](c2ccccc2)C1. The second kappa shape index (κ2) is 7.61. The van der Waals surface area contributed by atoms with E-state index in [1.807, 2.05) is 59.5 Å². The lowest BCUT2D eigenvalue weighted by Crippen LogP contribution is -2.24. The Hall–Kier alpha value is -3.15. The van der Waals surface area contributed by atoms with Crippen molar-refractivity contribution >= 4 is 23.2 Å². The van der Waals surface area contributed by atoms with E-state index in [0.717, 1.165) is 24.1 Å². The van der Waals surface area contributed by atoms with E-state index in [2.05, 4.69) is 10.5 Å². The largest absolute Gasteiger partial charge is 0.387 e. The first-order chi connectivity index (χ1) is 13.2. The number of likely N-dealkylation sites (tertiary alicyclic amines) is 1. The number of hydrogen-bond acceptors (Lipinski definition) is 4. The summed E-state index contributed by atoms with van der Waals surface area (Å²) in [6, 6.07) is 17.3. The third-order valence-electron chi connectivity index (χ3n) is 4.83. The summed E-state index contributed by atoms with van der Waals surface area (Å²) in [6.07, 6.45) is 1.76. The predicted octanol–water partition coefficient (Wildman–Crippen LogP) is 3.27. The standard InChI is InChI=1S/C21H21N3O3/c25-20-10-5-11-24(20)14-15-6-4-9-17(12-15)22-21(26)18-13-19(27-23-18)16-7-2-1-3-8-16/h1-4,6-9,12,19H,5,10-11,13-14H2,(H,22,26)/t19-/m0/s1. The molecule has 1 N–H and O–H groups in total. The first kappa shape index (κ1) is 17.3. The minimum Gasteiger partial charge on any atom is -0.387 e. The van der Waals surface area contributed by atoms with E-state index in [0.29, 0.717) is 30.8 Å². The van der Waals surface area contributed by atoms with Crippen molar-refractivity contribution in [1.29, 1.82) is 0 Å². The molecular formula is C21H21N3O3. The van der Waals surface area contributed by atoms with Crippen LogP contribution in [0.4, 0.5) is 5.69 Å². The summed E-state index contributed by atoms with van der Waals surface area (Å²) in [7, 11) is 0. The zero-order valence-corrected chi connectivity index (χ0v) is 14.9. The molecule has 2 amide bonds. The van der Waals surface area contributed by atoms with Gasteiger partial charge in [-0.25, -0.2) is 0 Å². The van der Waals surface area contributed by atoms with Gasteiger partial charge in [0.2, 0.25) is 5.91 Å². The molecule has 0 bridgehead atoms. The molecule has 2 heterocycles. The molecule has 2 aliphatic rings. The van der Waals surface area contributed by atoms with Gasteiger partial charge in [0.15, 0.2) is 6.10 Å². The van der Waals surface area contributed by atoms with Crippen molar-refractivity contribution in [3.05, 3.63) is 65.7 Å². The number of nitrogens with zero attached hydrogens (tertiary/aromatic N) is 2. The number of oxime groups is 1. The summed E-state index contributed by atoms with van der Waals surface area (Å²) in [6.45, 7) is 1.37. The molecule has 0 aliphatic carbocycles. The fourth-order valence-corrected chi connectivity index (χ4v) is 3.40. The van der Waals surface area contributed by atoms with Crippen LogP contribution in [-0.4, -0.2) is 29.0 Å². The number of benzene rings is 2. The Labute approximate surface area is 157 Å². The van der Waals surface area contributed by atoms with Gasteiger partial charge in [-0.3, -0.25) is 9.59 Å². The van der Waals surface area contributed by atoms with Crippen LogP contribution >= 0.6 is 0 Å². The third-order valence-corrected chi connectivity index (χ3v) is 4.83. The maximum atomic E-state index is 12.5. The number of carbonyl (C=O) groups excluding carboxylic acids is 2. The lowest BCUT2D eigenvalue weighted by atomic mass is 10.0. The van der Waals surface area contributed by atoms with E-state index in [9.17, 15) is 9.59 Å². The van der Waals surface area contributed by atoms with E-state index in [1.54, 1.807) is 0 Å². The van der Waals surface area contributed by atoms with Crippen molar-refractivity contribution < 1.29 is 14.4 Å². The Morgan fingerprint density at radius 3 is 2.81 bits per heavy atom. The molecule has 0 radical (unpaired) electrons. The van der Waals surface area contributed by atoms with Gasteiger partial charge in [0.25, 0.3) is 5.91 Å². The van der Waals surface area contributed by atoms with Crippen molar-refractivity contribution in [2.75, 3.05) is 11.9 Å². The highest BCUT2D eigenvalue weighted by Crippen LogP contribution is 2.27. The Kier molecular flexibility index (Phi) is 4.87. The van der Waals surface area contributed by atoms with Crippen LogP contribution in [-0.2, 0) is 21.0 Å². The molecule has 27 heavy (non-hydrogen) atoms. The van der Waals surface area contributed by atoms with Crippen molar-refractivity contribution in [3.63, 3.8) is 0 Å². The highest BCUT2D eigenvalue weighted by atomic mass is 16.6. The van der Waals surface area contributed by atoms with Gasteiger partial charge in [0, 0.05) is 31.6 Å². The first-order valence-electron chi connectivity index (χ1n) is 9.15. The summed E-state index contributed by atoms with van der Waals surface area (Å²) in [4.78, 5) is 31.6. The quantitative estimate of drug-likeness (QED) is 0.886. The lowest BCUT2D eigenvalue weighted by molar-refractivity contribution is -0.128. The number of hydrogen-bond donors (Lipinski definition) is 1. The summed E-state index contributed by atoms with van der Waals surface area (Å²) in [5.41, 5.74) is 3.06. The zero-order chi connectivity index (χ0) is 18.6. The smallest absolute Gasteiger partial charge is 0.273 e. The van der Waals surface area contributed by atoms with Crippen LogP contribution in [0.25, 0.3) is 0 Å². The summed E-state index contributed by atoms with van der Waals surface area (Å²) in [5, 5.41) is 6.84. The Balaban J connectivity index is 1.37. The van der Waals surface area contributed by atoms with Crippen LogP contribution in [0.15, 0.2) is 59.8 Å². The van der Waals surface area contributed by atoms with E-state index in [-0.39, 0.29) is 17.9 Å². The van der Waals surface area contributed by atoms with E-state index < -0.39 is 0 Å². The van der Waals surface area contributed by atoms with Gasteiger partial charge < -0.3 is 15.1 Å². The van der Waals surface area contributed by atoms with Crippen LogP contribution in [0.3, 0.4) is 0 Å². The summed E-state index contributed by atoms with van der Waals surface area (Å²) >= 11 is 0. The summed E-state index contributed by atoms with van der Waals surface area (Å²) in [5.74, 6) is -0.0725. The Morgan fingerprint density at radius 2 is 2.04 bits per heavy atom. The molecule has 0 aromatic heterocycles. The van der Waals surface area contributed by atoms with Gasteiger partial charge in [-0.2, -0.15) is 0 Å². The third kappa shape index (κ3) is 4.00. The molecule has 1 fully saturated rings. The molecule has 138 valence electrons. The van der Waals surface area contributed by atoms with E-state index in [1.165, 1.54) is 0 Å². The number of carbonyl (C=O) groups is 2. The molecule has 2 aromatic carbocycles. The molecule has 0 saturated carbocycles. The van der Waals surface area contributed by atoms with Crippen LogP contribution in [0, 0.1) is 0 Å². The van der Waals surface area contributed by atoms with Crippen LogP contribution in [0.5, 0.6) is 0 Å². The highest BCUT2D eigenvalue weighted by Gasteiger charge is 2.27. The Bertz CT molecular complexity index is 879. The molecular weight excluding hydrogens is 342 g/mol. The lowest BCUT2D eigenvalue weighted by Gasteiger charge is -2.16. The topological polar surface area (TPSA) is 71.0 Å². The van der Waals surface area contributed by atoms with Gasteiger partial charge >= 0.3 is 0 Å². The average Bonchev–Trinajstić information content (AvgIpc) is 3.33. The second-order valence-corrected chi connectivity index (χ2v) is 6.82. The fourth-order valence-electron chi connectivity index (χ4n) is 3.40. The van der Waals surface area contributed by atoms with Gasteiger partial charge in [-0.1, -0.05) is 47.6 Å². The molecule has 1 atom stereocenters. The maximum Gasteiger partial charge on any atom is 0.273 e. The number of anilines is 1. The number of amides is 2. The molecule has 0 unspecified atom stereocenters. The van der Waals surface area contributed by atoms with Crippen LogP contribution in [0.1, 0.15) is 36.5 Å². The fraction of sp³-hybridized carbons (Fsp3) is 0.286. The van der Waals surface area contributed by atoms with E-state index in [4.69, 9.17) is 4.84 Å². The Morgan fingerprint density at radius 1 is 1.19 bits per heavy atom. The van der Waals surface area contributed by atoms with Crippen molar-refractivity contribution in [3.8, 4) is 0 Å². The molecule has 6 heteroatoms.